The maximum Gasteiger partial charge on any atom is 0.335 e. The van der Waals surface area contributed by atoms with Crippen LogP contribution >= 0.6 is 0 Å². The van der Waals surface area contributed by atoms with Gasteiger partial charge < -0.3 is 5.11 Å². The molecule has 0 fully saturated rings. The average Bonchev–Trinajstić information content (AvgIpc) is 2.01. The molecule has 6 heteroatoms. The summed E-state index contributed by atoms with van der Waals surface area (Å²) in [7, 11) is -4.77. The van der Waals surface area contributed by atoms with Crippen LogP contribution < -0.4 is 0 Å². The number of carbonyl (C=O) groups is 1. The van der Waals surface area contributed by atoms with Crippen molar-refractivity contribution in [2.75, 3.05) is 0 Å². The number of hydrogen-bond donors (Lipinski definition) is 1. The van der Waals surface area contributed by atoms with Crippen LogP contribution in [0.25, 0.3) is 0 Å². The first-order valence-electron chi connectivity index (χ1n) is 3.61. The molecule has 1 rings (SSSR count). The zero-order valence-electron chi connectivity index (χ0n) is 7.19. The molecule has 0 aliphatic rings. The fraction of sp³-hybridized carbons (Fsp3) is 0.125. The van der Waals surface area contributed by atoms with Gasteiger partial charge >= 0.3 is 16.2 Å². The first kappa shape index (κ1) is 10.6. The fourth-order valence-electron chi connectivity index (χ4n) is 1.06. The summed E-state index contributed by atoms with van der Waals surface area (Å²) in [5.74, 6) is -1.18. The lowest BCUT2D eigenvalue weighted by Gasteiger charge is -2.01. The number of aryl methyl sites for hydroxylation is 1. The fourth-order valence-corrected chi connectivity index (χ4v) is 1.73. The van der Waals surface area contributed by atoms with Crippen molar-refractivity contribution in [3.63, 3.8) is 0 Å². The van der Waals surface area contributed by atoms with E-state index in [4.69, 9.17) is 5.11 Å². The standard InChI is InChI=1S/C8H7FO4S/c1-5-4-6(8(10)11)2-3-7(5)14(9,12)13/h2-4H,1H3,(H,10,11). The number of rotatable bonds is 2. The molecule has 0 saturated carbocycles. The maximum absolute atomic E-state index is 12.5. The molecular formula is C8H7FO4S. The van der Waals surface area contributed by atoms with Crippen molar-refractivity contribution in [3.05, 3.63) is 29.3 Å². The SMILES string of the molecule is Cc1cc(C(=O)O)ccc1S(=O)(=O)F. The quantitative estimate of drug-likeness (QED) is 0.760. The average molecular weight is 218 g/mol. The predicted octanol–water partition coefficient (Wildman–Crippen LogP) is 1.35. The Hall–Kier alpha value is -1.43. The third-order valence-corrected chi connectivity index (χ3v) is 2.67. The minimum absolute atomic E-state index is 0.0742. The van der Waals surface area contributed by atoms with E-state index in [1.54, 1.807) is 0 Å². The molecule has 76 valence electrons. The number of carboxylic acids is 1. The topological polar surface area (TPSA) is 71.4 Å². The van der Waals surface area contributed by atoms with E-state index in [9.17, 15) is 17.1 Å². The van der Waals surface area contributed by atoms with E-state index in [0.717, 1.165) is 18.2 Å². The van der Waals surface area contributed by atoms with Gasteiger partial charge in [0, 0.05) is 0 Å². The summed E-state index contributed by atoms with van der Waals surface area (Å²) in [5.41, 5.74) is 0.00213. The first-order valence-corrected chi connectivity index (χ1v) is 4.99. The summed E-state index contributed by atoms with van der Waals surface area (Å²) in [5, 5.41) is 8.56. The van der Waals surface area contributed by atoms with Gasteiger partial charge in [0.15, 0.2) is 0 Å². The van der Waals surface area contributed by atoms with Crippen molar-refractivity contribution >= 4 is 16.2 Å². The minimum atomic E-state index is -4.77. The van der Waals surface area contributed by atoms with E-state index in [2.05, 4.69) is 0 Å². The van der Waals surface area contributed by atoms with E-state index in [-0.39, 0.29) is 11.1 Å². The summed E-state index contributed by atoms with van der Waals surface area (Å²) in [6.07, 6.45) is 0. The van der Waals surface area contributed by atoms with Crippen LogP contribution in [0, 0.1) is 6.92 Å². The largest absolute Gasteiger partial charge is 0.478 e. The van der Waals surface area contributed by atoms with Gasteiger partial charge in [-0.1, -0.05) is 0 Å². The molecule has 1 aromatic carbocycles. The molecule has 4 nitrogen and oxygen atoms in total. The van der Waals surface area contributed by atoms with Crippen molar-refractivity contribution in [2.24, 2.45) is 0 Å². The van der Waals surface area contributed by atoms with Crippen LogP contribution in [0.15, 0.2) is 23.1 Å². The Morgan fingerprint density at radius 2 is 2.00 bits per heavy atom. The van der Waals surface area contributed by atoms with Gasteiger partial charge in [-0.2, -0.15) is 8.42 Å². The Morgan fingerprint density at radius 1 is 1.43 bits per heavy atom. The minimum Gasteiger partial charge on any atom is -0.478 e. The number of aromatic carboxylic acids is 1. The molecule has 0 bridgehead atoms. The van der Waals surface area contributed by atoms with Crippen LogP contribution in [0.5, 0.6) is 0 Å². The van der Waals surface area contributed by atoms with Gasteiger partial charge in [-0.3, -0.25) is 0 Å². The summed E-state index contributed by atoms with van der Waals surface area (Å²) in [6, 6.07) is 3.09. The maximum atomic E-state index is 12.5. The van der Waals surface area contributed by atoms with E-state index in [0.29, 0.717) is 0 Å². The van der Waals surface area contributed by atoms with Crippen molar-refractivity contribution < 1.29 is 22.2 Å². The second kappa shape index (κ2) is 3.38. The molecule has 0 radical (unpaired) electrons. The van der Waals surface area contributed by atoms with Crippen LogP contribution in [0.4, 0.5) is 3.89 Å². The van der Waals surface area contributed by atoms with Crippen LogP contribution in [0.2, 0.25) is 0 Å². The third-order valence-electron chi connectivity index (χ3n) is 1.68. The van der Waals surface area contributed by atoms with Crippen molar-refractivity contribution in [1.29, 1.82) is 0 Å². The molecule has 0 aliphatic heterocycles. The number of halogens is 1. The Balaban J connectivity index is 3.35. The van der Waals surface area contributed by atoms with E-state index < -0.39 is 21.1 Å². The lowest BCUT2D eigenvalue weighted by atomic mass is 10.1. The summed E-state index contributed by atoms with van der Waals surface area (Å²) in [6.45, 7) is 1.33. The highest BCUT2D eigenvalue weighted by molar-refractivity contribution is 7.86. The zero-order chi connectivity index (χ0) is 10.9. The molecule has 0 saturated heterocycles. The van der Waals surface area contributed by atoms with Gasteiger partial charge in [0.05, 0.1) is 5.56 Å². The van der Waals surface area contributed by atoms with Crippen molar-refractivity contribution in [2.45, 2.75) is 11.8 Å². The molecule has 0 aromatic heterocycles. The molecule has 14 heavy (non-hydrogen) atoms. The Morgan fingerprint density at radius 3 is 2.36 bits per heavy atom. The van der Waals surface area contributed by atoms with Crippen LogP contribution in [0.3, 0.4) is 0 Å². The van der Waals surface area contributed by atoms with E-state index >= 15 is 0 Å². The van der Waals surface area contributed by atoms with Gasteiger partial charge in [0.2, 0.25) is 0 Å². The Bertz CT molecular complexity index is 478. The molecule has 0 unspecified atom stereocenters. The molecule has 0 spiro atoms. The molecule has 0 aliphatic carbocycles. The van der Waals surface area contributed by atoms with Crippen LogP contribution in [-0.2, 0) is 10.2 Å². The third kappa shape index (κ3) is 2.08. The lowest BCUT2D eigenvalue weighted by Crippen LogP contribution is -2.00. The molecule has 0 heterocycles. The number of carboxylic acid groups (broad SMARTS) is 1. The normalized spacial score (nSPS) is 11.3. The summed E-state index contributed by atoms with van der Waals surface area (Å²) < 4.78 is 33.6. The van der Waals surface area contributed by atoms with Crippen molar-refractivity contribution in [1.82, 2.24) is 0 Å². The molecule has 0 atom stereocenters. The van der Waals surface area contributed by atoms with Gasteiger partial charge in [0.25, 0.3) is 0 Å². The van der Waals surface area contributed by atoms with Crippen LogP contribution in [-0.4, -0.2) is 19.5 Å². The first-order chi connectivity index (χ1) is 6.32. The van der Waals surface area contributed by atoms with Crippen molar-refractivity contribution in [3.8, 4) is 0 Å². The highest BCUT2D eigenvalue weighted by atomic mass is 32.3. The monoisotopic (exact) mass is 218 g/mol. The highest BCUT2D eigenvalue weighted by Gasteiger charge is 2.16. The Kier molecular flexibility index (Phi) is 2.57. The summed E-state index contributed by atoms with van der Waals surface area (Å²) in [4.78, 5) is 9.97. The van der Waals surface area contributed by atoms with E-state index in [1.807, 2.05) is 0 Å². The van der Waals surface area contributed by atoms with Gasteiger partial charge in [-0.05, 0) is 30.7 Å². The van der Waals surface area contributed by atoms with Gasteiger partial charge in [-0.25, -0.2) is 4.79 Å². The lowest BCUT2D eigenvalue weighted by molar-refractivity contribution is 0.0696. The Labute approximate surface area is 80.2 Å². The molecule has 0 amide bonds. The molecule has 1 aromatic rings. The second-order valence-electron chi connectivity index (χ2n) is 2.72. The van der Waals surface area contributed by atoms with E-state index in [1.165, 1.54) is 6.92 Å². The predicted molar refractivity (Wildman–Crippen MR) is 46.4 cm³/mol. The van der Waals surface area contributed by atoms with Gasteiger partial charge in [0.1, 0.15) is 4.90 Å². The molecule has 1 N–H and O–H groups in total. The smallest absolute Gasteiger partial charge is 0.335 e. The molecular weight excluding hydrogens is 211 g/mol. The number of benzene rings is 1. The highest BCUT2D eigenvalue weighted by Crippen LogP contribution is 2.18. The van der Waals surface area contributed by atoms with Gasteiger partial charge in [-0.15, -0.1) is 3.89 Å². The second-order valence-corrected chi connectivity index (χ2v) is 4.04. The number of hydrogen-bond acceptors (Lipinski definition) is 3. The zero-order valence-corrected chi connectivity index (χ0v) is 8.01. The summed E-state index contributed by atoms with van der Waals surface area (Å²) >= 11 is 0. The van der Waals surface area contributed by atoms with Crippen LogP contribution in [0.1, 0.15) is 15.9 Å².